The van der Waals surface area contributed by atoms with Gasteiger partial charge in [-0.25, -0.2) is 9.37 Å². The third-order valence-corrected chi connectivity index (χ3v) is 4.18. The van der Waals surface area contributed by atoms with Crippen LogP contribution in [0.3, 0.4) is 0 Å². The number of carbonyl (C=O) groups excluding carboxylic acids is 1. The van der Waals surface area contributed by atoms with Gasteiger partial charge in [0.25, 0.3) is 0 Å². The van der Waals surface area contributed by atoms with Gasteiger partial charge in [-0.05, 0) is 61.7 Å². The second-order valence-electron chi connectivity index (χ2n) is 6.33. The fraction of sp³-hybridized carbons (Fsp3) is 0.263. The summed E-state index contributed by atoms with van der Waals surface area (Å²) in [4.78, 5) is 16.3. The first kappa shape index (κ1) is 18.4. The number of aromatic nitrogens is 1. The minimum Gasteiger partial charge on any atom is -0.436 e. The Morgan fingerprint density at radius 2 is 1.96 bits per heavy atom. The van der Waals surface area contributed by atoms with E-state index in [9.17, 15) is 9.18 Å². The largest absolute Gasteiger partial charge is 0.436 e. The van der Waals surface area contributed by atoms with Crippen molar-refractivity contribution >= 4 is 35.1 Å². The van der Waals surface area contributed by atoms with E-state index in [2.05, 4.69) is 15.6 Å². The lowest BCUT2D eigenvalue weighted by atomic mass is 10.2. The normalized spacial score (nSPS) is 13.4. The van der Waals surface area contributed by atoms with Crippen molar-refractivity contribution < 1.29 is 13.6 Å². The number of carbonyl (C=O) groups is 1. The Morgan fingerprint density at radius 3 is 2.69 bits per heavy atom. The van der Waals surface area contributed by atoms with Gasteiger partial charge < -0.3 is 15.1 Å². The highest BCUT2D eigenvalue weighted by atomic mass is 35.5. The third kappa shape index (κ3) is 4.39. The Hall–Kier alpha value is -2.44. The molecule has 0 spiro atoms. The number of amides is 1. The second kappa shape index (κ2) is 7.85. The van der Waals surface area contributed by atoms with Crippen molar-refractivity contribution in [1.29, 1.82) is 0 Å². The Morgan fingerprint density at radius 1 is 1.19 bits per heavy atom. The zero-order valence-corrected chi connectivity index (χ0v) is 14.8. The summed E-state index contributed by atoms with van der Waals surface area (Å²) in [6, 6.07) is 11.3. The molecule has 0 atom stereocenters. The molecule has 1 heterocycles. The molecule has 1 aromatic heterocycles. The van der Waals surface area contributed by atoms with Crippen LogP contribution in [0, 0.1) is 11.7 Å². The van der Waals surface area contributed by atoms with Crippen LogP contribution in [0.5, 0.6) is 0 Å². The summed E-state index contributed by atoms with van der Waals surface area (Å²) in [6.07, 6.45) is 2.51. The SMILES string of the molecule is Cl.O=C(CNCC1CC1)Nc1ccc2nc(-c3ccc(F)cc3)oc2c1. The molecular formula is C19H19ClFN3O2. The second-order valence-corrected chi connectivity index (χ2v) is 6.33. The molecule has 1 aliphatic rings. The fourth-order valence-corrected chi connectivity index (χ4v) is 2.64. The van der Waals surface area contributed by atoms with Crippen LogP contribution in [0.15, 0.2) is 46.9 Å². The van der Waals surface area contributed by atoms with Gasteiger partial charge in [-0.15, -0.1) is 12.4 Å². The lowest BCUT2D eigenvalue weighted by Gasteiger charge is -2.05. The summed E-state index contributed by atoms with van der Waals surface area (Å²) in [5.74, 6) is 0.770. The van der Waals surface area contributed by atoms with Crippen molar-refractivity contribution in [2.75, 3.05) is 18.4 Å². The van der Waals surface area contributed by atoms with Gasteiger partial charge >= 0.3 is 0 Å². The zero-order valence-electron chi connectivity index (χ0n) is 14.0. The highest BCUT2D eigenvalue weighted by molar-refractivity contribution is 5.94. The number of hydrogen-bond donors (Lipinski definition) is 2. The maximum Gasteiger partial charge on any atom is 0.238 e. The van der Waals surface area contributed by atoms with E-state index in [1.165, 1.54) is 25.0 Å². The summed E-state index contributed by atoms with van der Waals surface area (Å²) in [5, 5.41) is 6.00. The molecule has 0 bridgehead atoms. The van der Waals surface area contributed by atoms with E-state index in [1.54, 1.807) is 30.3 Å². The Bertz CT molecular complexity index is 907. The molecule has 1 saturated carbocycles. The number of anilines is 1. The maximum atomic E-state index is 13.0. The molecule has 1 fully saturated rings. The molecule has 3 aromatic rings. The van der Waals surface area contributed by atoms with E-state index in [0.29, 0.717) is 34.8 Å². The molecule has 136 valence electrons. The molecule has 5 nitrogen and oxygen atoms in total. The van der Waals surface area contributed by atoms with Crippen molar-refractivity contribution in [1.82, 2.24) is 10.3 Å². The molecule has 1 amide bonds. The molecule has 1 aliphatic carbocycles. The number of halogens is 2. The summed E-state index contributed by atoms with van der Waals surface area (Å²) in [6.45, 7) is 1.20. The van der Waals surface area contributed by atoms with Gasteiger partial charge in [0.2, 0.25) is 11.8 Å². The molecule has 2 aromatic carbocycles. The van der Waals surface area contributed by atoms with Crippen LogP contribution < -0.4 is 10.6 Å². The van der Waals surface area contributed by atoms with Crippen LogP contribution in [0.25, 0.3) is 22.6 Å². The first-order valence-corrected chi connectivity index (χ1v) is 8.34. The topological polar surface area (TPSA) is 67.2 Å². The average molecular weight is 376 g/mol. The summed E-state index contributed by atoms with van der Waals surface area (Å²) >= 11 is 0. The monoisotopic (exact) mass is 375 g/mol. The van der Waals surface area contributed by atoms with Gasteiger partial charge in [-0.2, -0.15) is 0 Å². The van der Waals surface area contributed by atoms with Gasteiger partial charge in [0.1, 0.15) is 11.3 Å². The Labute approximate surface area is 156 Å². The molecule has 4 rings (SSSR count). The Balaban J connectivity index is 0.00000196. The molecule has 0 unspecified atom stereocenters. The van der Waals surface area contributed by atoms with E-state index in [1.807, 2.05) is 0 Å². The summed E-state index contributed by atoms with van der Waals surface area (Å²) in [5.41, 5.74) is 2.62. The van der Waals surface area contributed by atoms with E-state index in [4.69, 9.17) is 4.42 Å². The van der Waals surface area contributed by atoms with Crippen molar-refractivity contribution in [3.63, 3.8) is 0 Å². The smallest absolute Gasteiger partial charge is 0.238 e. The van der Waals surface area contributed by atoms with Gasteiger partial charge in [0.15, 0.2) is 5.58 Å². The minimum absolute atomic E-state index is 0. The maximum absolute atomic E-state index is 13.0. The first-order chi connectivity index (χ1) is 12.2. The fourth-order valence-electron chi connectivity index (χ4n) is 2.64. The molecular weight excluding hydrogens is 357 g/mol. The van der Waals surface area contributed by atoms with Crippen molar-refractivity contribution in [3.05, 3.63) is 48.3 Å². The zero-order chi connectivity index (χ0) is 17.2. The molecule has 0 aliphatic heterocycles. The van der Waals surface area contributed by atoms with Gasteiger partial charge in [0.05, 0.1) is 6.54 Å². The highest BCUT2D eigenvalue weighted by Gasteiger charge is 2.20. The number of rotatable bonds is 6. The summed E-state index contributed by atoms with van der Waals surface area (Å²) < 4.78 is 18.8. The van der Waals surface area contributed by atoms with E-state index in [-0.39, 0.29) is 24.1 Å². The predicted molar refractivity (Wildman–Crippen MR) is 101 cm³/mol. The number of benzene rings is 2. The molecule has 7 heteroatoms. The number of nitrogens with zero attached hydrogens (tertiary/aromatic N) is 1. The first-order valence-electron chi connectivity index (χ1n) is 8.34. The van der Waals surface area contributed by atoms with Gasteiger partial charge in [0, 0.05) is 17.3 Å². The number of fused-ring (bicyclic) bond motifs is 1. The van der Waals surface area contributed by atoms with Crippen molar-refractivity contribution in [3.8, 4) is 11.5 Å². The summed E-state index contributed by atoms with van der Waals surface area (Å²) in [7, 11) is 0. The van der Waals surface area contributed by atoms with E-state index >= 15 is 0 Å². The van der Waals surface area contributed by atoms with E-state index in [0.717, 1.165) is 12.5 Å². The van der Waals surface area contributed by atoms with E-state index < -0.39 is 0 Å². The number of oxazole rings is 1. The molecule has 0 saturated heterocycles. The third-order valence-electron chi connectivity index (χ3n) is 4.18. The average Bonchev–Trinajstić information content (AvgIpc) is 3.32. The van der Waals surface area contributed by atoms with Crippen molar-refractivity contribution in [2.24, 2.45) is 5.92 Å². The standard InChI is InChI=1S/C19H18FN3O2.ClH/c20-14-5-3-13(4-6-14)19-23-16-8-7-15(9-17(16)25-19)22-18(24)11-21-10-12-1-2-12;/h3-9,12,21H,1-2,10-11H2,(H,22,24);1H. The van der Waals surface area contributed by atoms with Crippen LogP contribution in [-0.4, -0.2) is 24.0 Å². The van der Waals surface area contributed by atoms with Gasteiger partial charge in [-0.1, -0.05) is 0 Å². The molecule has 2 N–H and O–H groups in total. The highest BCUT2D eigenvalue weighted by Crippen LogP contribution is 2.28. The van der Waals surface area contributed by atoms with Crippen LogP contribution in [0.1, 0.15) is 12.8 Å². The lowest BCUT2D eigenvalue weighted by Crippen LogP contribution is -2.29. The molecule has 26 heavy (non-hydrogen) atoms. The van der Waals surface area contributed by atoms with Crippen LogP contribution >= 0.6 is 12.4 Å². The quantitative estimate of drug-likeness (QED) is 0.683. The minimum atomic E-state index is -0.305. The van der Waals surface area contributed by atoms with Crippen molar-refractivity contribution in [2.45, 2.75) is 12.8 Å². The van der Waals surface area contributed by atoms with Crippen LogP contribution in [0.2, 0.25) is 0 Å². The van der Waals surface area contributed by atoms with Gasteiger partial charge in [-0.3, -0.25) is 4.79 Å². The molecule has 0 radical (unpaired) electrons. The lowest BCUT2D eigenvalue weighted by molar-refractivity contribution is -0.115. The van der Waals surface area contributed by atoms with Crippen LogP contribution in [-0.2, 0) is 4.79 Å². The predicted octanol–water partition coefficient (Wildman–Crippen LogP) is 3.99. The number of hydrogen-bond acceptors (Lipinski definition) is 4. The number of nitrogens with one attached hydrogen (secondary N) is 2. The Kier molecular flexibility index (Phi) is 5.54. The van der Waals surface area contributed by atoms with Crippen LogP contribution in [0.4, 0.5) is 10.1 Å².